The highest BCUT2D eigenvalue weighted by molar-refractivity contribution is 6.33. The van der Waals surface area contributed by atoms with Crippen LogP contribution in [0.5, 0.6) is 0 Å². The van der Waals surface area contributed by atoms with Crippen LogP contribution < -0.4 is 10.9 Å². The summed E-state index contributed by atoms with van der Waals surface area (Å²) in [4.78, 5) is 16.7. The third kappa shape index (κ3) is 2.81. The number of halogens is 1. The van der Waals surface area contributed by atoms with Crippen LogP contribution in [0.25, 0.3) is 5.65 Å². The van der Waals surface area contributed by atoms with E-state index in [0.717, 1.165) is 0 Å². The number of para-hydroxylation sites is 1. The van der Waals surface area contributed by atoms with Crippen molar-refractivity contribution in [2.45, 2.75) is 14.0 Å². The van der Waals surface area contributed by atoms with Crippen LogP contribution in [0.1, 0.15) is 13.0 Å². The number of nitrogens with zero attached hydrogens (tertiary/aromatic N) is 2. The van der Waals surface area contributed by atoms with E-state index in [-0.39, 0.29) is 18.5 Å². The first kappa shape index (κ1) is 16.0. The van der Waals surface area contributed by atoms with E-state index in [2.05, 4.69) is 10.3 Å². The third-order valence-corrected chi connectivity index (χ3v) is 3.44. The van der Waals surface area contributed by atoms with Crippen molar-refractivity contribution in [3.05, 3.63) is 69.6 Å². The molecular formula is C16H16ClN3O2. The van der Waals surface area contributed by atoms with Gasteiger partial charge in [-0.15, -0.1) is 0 Å². The third-order valence-electron chi connectivity index (χ3n) is 3.11. The molecule has 5 nitrogen and oxygen atoms in total. The van der Waals surface area contributed by atoms with Crippen LogP contribution >= 0.6 is 11.6 Å². The van der Waals surface area contributed by atoms with Crippen LogP contribution in [0.3, 0.4) is 0 Å². The number of aliphatic hydroxyl groups is 1. The Hall–Kier alpha value is -2.37. The predicted octanol–water partition coefficient (Wildman–Crippen LogP) is 3.22. The van der Waals surface area contributed by atoms with Crippen LogP contribution in [0.4, 0.5) is 11.5 Å². The van der Waals surface area contributed by atoms with Gasteiger partial charge in [-0.05, 0) is 24.3 Å². The van der Waals surface area contributed by atoms with Crippen LogP contribution in [0, 0.1) is 0 Å². The molecule has 0 aliphatic carbocycles. The van der Waals surface area contributed by atoms with Crippen molar-refractivity contribution in [3.8, 4) is 0 Å². The molecule has 0 aliphatic rings. The molecule has 2 heterocycles. The fourth-order valence-electron chi connectivity index (χ4n) is 2.06. The summed E-state index contributed by atoms with van der Waals surface area (Å²) in [7, 11) is 0. The Labute approximate surface area is 132 Å². The average Bonchev–Trinajstić information content (AvgIpc) is 2.50. The van der Waals surface area contributed by atoms with Crippen molar-refractivity contribution in [2.24, 2.45) is 0 Å². The Morgan fingerprint density at radius 3 is 2.64 bits per heavy atom. The lowest BCUT2D eigenvalue weighted by molar-refractivity contribution is 0.280. The molecule has 6 heteroatoms. The zero-order valence-electron chi connectivity index (χ0n) is 11.0. The molecule has 2 N–H and O–H groups in total. The summed E-state index contributed by atoms with van der Waals surface area (Å²) in [5.74, 6) is 0.307. The highest BCUT2D eigenvalue weighted by atomic mass is 35.5. The second-order valence-corrected chi connectivity index (χ2v) is 4.84. The number of pyridine rings is 1. The number of nitrogens with one attached hydrogen (secondary N) is 1. The molecule has 0 spiro atoms. The molecule has 0 unspecified atom stereocenters. The second-order valence-electron chi connectivity index (χ2n) is 4.44. The summed E-state index contributed by atoms with van der Waals surface area (Å²) >= 11 is 6.09. The molecule has 0 saturated heterocycles. The normalized spacial score (nSPS) is 10.3. The van der Waals surface area contributed by atoms with Crippen molar-refractivity contribution in [3.63, 3.8) is 0 Å². The van der Waals surface area contributed by atoms with E-state index in [0.29, 0.717) is 22.2 Å². The Kier molecular flexibility index (Phi) is 4.80. The SMILES string of the molecule is C.O=c1c(CO)c(Nc2ccccc2Cl)nc2ccccn12. The van der Waals surface area contributed by atoms with Gasteiger partial charge in [0.1, 0.15) is 11.5 Å². The number of rotatable bonds is 3. The van der Waals surface area contributed by atoms with Crippen molar-refractivity contribution in [1.29, 1.82) is 0 Å². The molecule has 3 aromatic rings. The molecule has 1 aromatic carbocycles. The van der Waals surface area contributed by atoms with E-state index >= 15 is 0 Å². The van der Waals surface area contributed by atoms with Gasteiger partial charge >= 0.3 is 0 Å². The largest absolute Gasteiger partial charge is 0.391 e. The highest BCUT2D eigenvalue weighted by Crippen LogP contribution is 2.25. The number of anilines is 2. The summed E-state index contributed by atoms with van der Waals surface area (Å²) < 4.78 is 1.39. The topological polar surface area (TPSA) is 66.6 Å². The monoisotopic (exact) mass is 317 g/mol. The fraction of sp³-hybridized carbons (Fsp3) is 0.125. The molecule has 114 valence electrons. The maximum absolute atomic E-state index is 12.3. The van der Waals surface area contributed by atoms with E-state index in [9.17, 15) is 9.90 Å². The molecule has 22 heavy (non-hydrogen) atoms. The molecule has 0 bridgehead atoms. The first-order valence-corrected chi connectivity index (χ1v) is 6.71. The van der Waals surface area contributed by atoms with Crippen molar-refractivity contribution < 1.29 is 5.11 Å². The number of aliphatic hydroxyl groups excluding tert-OH is 1. The van der Waals surface area contributed by atoms with Gasteiger partial charge < -0.3 is 10.4 Å². The molecule has 2 aromatic heterocycles. The Balaban J connectivity index is 0.00000176. The molecule has 0 saturated carbocycles. The zero-order valence-corrected chi connectivity index (χ0v) is 11.7. The van der Waals surface area contributed by atoms with E-state index in [4.69, 9.17) is 11.6 Å². The van der Waals surface area contributed by atoms with Crippen molar-refractivity contribution in [1.82, 2.24) is 9.38 Å². The average molecular weight is 318 g/mol. The van der Waals surface area contributed by atoms with Gasteiger partial charge in [0.05, 0.1) is 22.9 Å². The molecule has 0 amide bonds. The molecule has 0 radical (unpaired) electrons. The van der Waals surface area contributed by atoms with E-state index in [1.807, 2.05) is 12.1 Å². The molecule has 0 fully saturated rings. The predicted molar refractivity (Wildman–Crippen MR) is 88.9 cm³/mol. The minimum Gasteiger partial charge on any atom is -0.391 e. The number of aromatic nitrogens is 2. The first-order chi connectivity index (χ1) is 10.2. The minimum absolute atomic E-state index is 0. The zero-order chi connectivity index (χ0) is 14.8. The summed E-state index contributed by atoms with van der Waals surface area (Å²) in [5, 5.41) is 13.0. The Morgan fingerprint density at radius 1 is 1.18 bits per heavy atom. The molecular weight excluding hydrogens is 302 g/mol. The standard InChI is InChI=1S/C15H12ClN3O2.CH4/c16-11-5-1-2-6-12(11)17-14-10(9-20)15(21)19-8-4-3-7-13(19)18-14;/h1-8,17,20H,9H2;1H4. The maximum Gasteiger partial charge on any atom is 0.265 e. The summed E-state index contributed by atoms with van der Waals surface area (Å²) in [6, 6.07) is 12.4. The van der Waals surface area contributed by atoms with Crippen molar-refractivity contribution in [2.75, 3.05) is 5.32 Å². The van der Waals surface area contributed by atoms with E-state index < -0.39 is 6.61 Å². The van der Waals surface area contributed by atoms with E-state index in [1.165, 1.54) is 4.40 Å². The molecule has 0 atom stereocenters. The van der Waals surface area contributed by atoms with Crippen LogP contribution in [0.15, 0.2) is 53.5 Å². The lowest BCUT2D eigenvalue weighted by Crippen LogP contribution is -2.21. The number of fused-ring (bicyclic) bond motifs is 1. The lowest BCUT2D eigenvalue weighted by atomic mass is 10.2. The molecule has 3 rings (SSSR count). The highest BCUT2D eigenvalue weighted by Gasteiger charge is 2.12. The van der Waals surface area contributed by atoms with Gasteiger partial charge in [-0.25, -0.2) is 4.98 Å². The lowest BCUT2D eigenvalue weighted by Gasteiger charge is -2.12. The smallest absolute Gasteiger partial charge is 0.265 e. The molecule has 0 aliphatic heterocycles. The van der Waals surface area contributed by atoms with Crippen LogP contribution in [0.2, 0.25) is 5.02 Å². The van der Waals surface area contributed by atoms with Gasteiger partial charge in [0.2, 0.25) is 0 Å². The van der Waals surface area contributed by atoms with Gasteiger partial charge in [0.25, 0.3) is 5.56 Å². The van der Waals surface area contributed by atoms with Gasteiger partial charge in [-0.1, -0.05) is 37.2 Å². The van der Waals surface area contributed by atoms with Gasteiger partial charge in [0, 0.05) is 6.20 Å². The van der Waals surface area contributed by atoms with Crippen LogP contribution in [-0.2, 0) is 6.61 Å². The Morgan fingerprint density at radius 2 is 1.91 bits per heavy atom. The minimum atomic E-state index is -0.406. The summed E-state index contributed by atoms with van der Waals surface area (Å²) in [6.45, 7) is -0.406. The number of benzene rings is 1. The summed E-state index contributed by atoms with van der Waals surface area (Å²) in [5.41, 5.74) is 1.01. The number of hydrogen-bond donors (Lipinski definition) is 2. The van der Waals surface area contributed by atoms with Crippen LogP contribution in [-0.4, -0.2) is 14.5 Å². The van der Waals surface area contributed by atoms with Gasteiger partial charge in [-0.2, -0.15) is 0 Å². The Bertz CT molecular complexity index is 861. The van der Waals surface area contributed by atoms with Gasteiger partial charge in [-0.3, -0.25) is 9.20 Å². The second kappa shape index (κ2) is 6.60. The summed E-state index contributed by atoms with van der Waals surface area (Å²) in [6.07, 6.45) is 1.61. The fourth-order valence-corrected chi connectivity index (χ4v) is 2.24. The number of hydrogen-bond acceptors (Lipinski definition) is 4. The quantitative estimate of drug-likeness (QED) is 0.778. The van der Waals surface area contributed by atoms with Gasteiger partial charge in [0.15, 0.2) is 0 Å². The van der Waals surface area contributed by atoms with Crippen molar-refractivity contribution >= 4 is 28.8 Å². The first-order valence-electron chi connectivity index (χ1n) is 6.33. The maximum atomic E-state index is 12.3. The van der Waals surface area contributed by atoms with E-state index in [1.54, 1.807) is 36.5 Å².